The van der Waals surface area contributed by atoms with Crippen LogP contribution in [0.2, 0.25) is 0 Å². The molecule has 0 aromatic rings. The van der Waals surface area contributed by atoms with Gasteiger partial charge in [0.2, 0.25) is 0 Å². The van der Waals surface area contributed by atoms with Gasteiger partial charge in [-0.15, -0.1) is 0 Å². The highest BCUT2D eigenvalue weighted by molar-refractivity contribution is 7.86. The topological polar surface area (TPSA) is 43.4 Å². The summed E-state index contributed by atoms with van der Waals surface area (Å²) in [5.74, 6) is 0.0729. The maximum Gasteiger partial charge on any atom is 0.271 e. The summed E-state index contributed by atoms with van der Waals surface area (Å²) < 4.78 is 26.6. The quantitative estimate of drug-likeness (QED) is 0.443. The normalized spacial score (nSPS) is 23.9. The lowest BCUT2D eigenvalue weighted by atomic mass is 10.2. The molecule has 0 fully saturated rings. The molecule has 0 N–H and O–H groups in total. The molecule has 3 nitrogen and oxygen atoms in total. The minimum atomic E-state index is -3.25. The van der Waals surface area contributed by atoms with Gasteiger partial charge in [-0.05, 0) is 12.8 Å². The van der Waals surface area contributed by atoms with Crippen molar-refractivity contribution in [3.05, 3.63) is 11.6 Å². The highest BCUT2D eigenvalue weighted by atomic mass is 32.2. The Kier molecular flexibility index (Phi) is 2.67. The highest BCUT2D eigenvalue weighted by Crippen LogP contribution is 2.12. The van der Waals surface area contributed by atoms with E-state index in [0.717, 1.165) is 12.0 Å². The maximum absolute atomic E-state index is 11.0. The Balaban J connectivity index is 2.76. The predicted molar refractivity (Wildman–Crippen MR) is 42.7 cm³/mol. The molecule has 1 aliphatic heterocycles. The minimum absolute atomic E-state index is 0.0729. The molecule has 4 heteroatoms. The lowest BCUT2D eigenvalue weighted by Gasteiger charge is -2.00. The Morgan fingerprint density at radius 2 is 2.36 bits per heavy atom. The van der Waals surface area contributed by atoms with Crippen LogP contribution in [0.1, 0.15) is 19.8 Å². The predicted octanol–water partition coefficient (Wildman–Crippen LogP) is 1.07. The van der Waals surface area contributed by atoms with Crippen LogP contribution in [0.25, 0.3) is 0 Å². The van der Waals surface area contributed by atoms with Gasteiger partial charge < -0.3 is 0 Å². The third-order valence-electron chi connectivity index (χ3n) is 1.63. The van der Waals surface area contributed by atoms with Gasteiger partial charge in [-0.25, -0.2) is 0 Å². The molecule has 1 heterocycles. The summed E-state index contributed by atoms with van der Waals surface area (Å²) >= 11 is 0. The van der Waals surface area contributed by atoms with Crippen LogP contribution in [0.15, 0.2) is 11.6 Å². The minimum Gasteiger partial charge on any atom is -0.270 e. The first-order valence-corrected chi connectivity index (χ1v) is 5.27. The first kappa shape index (κ1) is 8.74. The Morgan fingerprint density at radius 1 is 1.64 bits per heavy atom. The second kappa shape index (κ2) is 3.36. The molecule has 0 spiro atoms. The molecular formula is C7H12O3S. The van der Waals surface area contributed by atoms with Crippen LogP contribution in [-0.2, 0) is 14.3 Å². The third-order valence-corrected chi connectivity index (χ3v) is 2.88. The van der Waals surface area contributed by atoms with E-state index >= 15 is 0 Å². The van der Waals surface area contributed by atoms with Crippen molar-refractivity contribution < 1.29 is 12.6 Å². The van der Waals surface area contributed by atoms with Crippen molar-refractivity contribution in [1.29, 1.82) is 0 Å². The average molecular weight is 176 g/mol. The van der Waals surface area contributed by atoms with Gasteiger partial charge in [0.15, 0.2) is 0 Å². The van der Waals surface area contributed by atoms with E-state index in [-0.39, 0.29) is 5.75 Å². The van der Waals surface area contributed by atoms with E-state index in [1.165, 1.54) is 0 Å². The Morgan fingerprint density at radius 3 is 3.00 bits per heavy atom. The molecular weight excluding hydrogens is 164 g/mol. The van der Waals surface area contributed by atoms with Crippen LogP contribution in [0.5, 0.6) is 0 Å². The Hall–Kier alpha value is -0.350. The number of hydrogen-bond donors (Lipinski definition) is 0. The van der Waals surface area contributed by atoms with Crippen molar-refractivity contribution in [2.45, 2.75) is 19.8 Å². The highest BCUT2D eigenvalue weighted by Gasteiger charge is 2.15. The zero-order chi connectivity index (χ0) is 8.32. The van der Waals surface area contributed by atoms with E-state index < -0.39 is 10.1 Å². The molecule has 0 saturated heterocycles. The molecule has 11 heavy (non-hydrogen) atoms. The van der Waals surface area contributed by atoms with Gasteiger partial charge in [0, 0.05) is 0 Å². The Labute approximate surface area is 67.2 Å². The fourth-order valence-electron chi connectivity index (χ4n) is 1.01. The second-order valence-corrected chi connectivity index (χ2v) is 4.17. The summed E-state index contributed by atoms with van der Waals surface area (Å²) in [5.41, 5.74) is 0.961. The molecule has 1 rings (SSSR count). The van der Waals surface area contributed by atoms with Crippen molar-refractivity contribution in [2.75, 3.05) is 12.4 Å². The van der Waals surface area contributed by atoms with Crippen LogP contribution >= 0.6 is 0 Å². The first-order valence-electron chi connectivity index (χ1n) is 3.69. The fraction of sp³-hybridized carbons (Fsp3) is 0.714. The van der Waals surface area contributed by atoms with Gasteiger partial charge in [-0.2, -0.15) is 8.42 Å². The summed E-state index contributed by atoms with van der Waals surface area (Å²) in [6.45, 7) is 2.25. The zero-order valence-electron chi connectivity index (χ0n) is 6.54. The average Bonchev–Trinajstić information content (AvgIpc) is 2.10. The van der Waals surface area contributed by atoms with Crippen molar-refractivity contribution in [3.63, 3.8) is 0 Å². The van der Waals surface area contributed by atoms with E-state index in [4.69, 9.17) is 0 Å². The zero-order valence-corrected chi connectivity index (χ0v) is 7.36. The first-order chi connectivity index (χ1) is 5.14. The molecule has 0 atom stereocenters. The third kappa shape index (κ3) is 2.63. The lowest BCUT2D eigenvalue weighted by Crippen LogP contribution is -2.09. The van der Waals surface area contributed by atoms with Crippen LogP contribution < -0.4 is 0 Å². The monoisotopic (exact) mass is 176 g/mol. The fourth-order valence-corrected chi connectivity index (χ4v) is 2.22. The SMILES string of the molecule is CCC1=CCCOS(=O)(=O)C1. The molecule has 64 valence electrons. The van der Waals surface area contributed by atoms with Gasteiger partial charge >= 0.3 is 0 Å². The van der Waals surface area contributed by atoms with E-state index in [9.17, 15) is 8.42 Å². The second-order valence-electron chi connectivity index (χ2n) is 2.53. The van der Waals surface area contributed by atoms with Crippen molar-refractivity contribution in [1.82, 2.24) is 0 Å². The van der Waals surface area contributed by atoms with E-state index in [1.807, 2.05) is 13.0 Å². The van der Waals surface area contributed by atoms with Gasteiger partial charge in [-0.1, -0.05) is 18.6 Å². The summed E-state index contributed by atoms with van der Waals surface area (Å²) in [5, 5.41) is 0. The lowest BCUT2D eigenvalue weighted by molar-refractivity contribution is 0.329. The summed E-state index contributed by atoms with van der Waals surface area (Å²) in [7, 11) is -3.25. The van der Waals surface area contributed by atoms with Gasteiger partial charge in [0.25, 0.3) is 10.1 Å². The standard InChI is InChI=1S/C7H12O3S/c1-2-7-4-3-5-10-11(8,9)6-7/h4H,2-3,5-6H2,1H3. The molecule has 1 aliphatic rings. The number of hydrogen-bond acceptors (Lipinski definition) is 3. The van der Waals surface area contributed by atoms with Crippen LogP contribution in [-0.4, -0.2) is 20.8 Å². The van der Waals surface area contributed by atoms with E-state index in [0.29, 0.717) is 13.0 Å². The van der Waals surface area contributed by atoms with E-state index in [1.54, 1.807) is 0 Å². The largest absolute Gasteiger partial charge is 0.271 e. The molecule has 0 aliphatic carbocycles. The molecule has 0 radical (unpaired) electrons. The van der Waals surface area contributed by atoms with Gasteiger partial charge in [-0.3, -0.25) is 4.18 Å². The van der Waals surface area contributed by atoms with Crippen LogP contribution in [0, 0.1) is 0 Å². The van der Waals surface area contributed by atoms with Gasteiger partial charge in [0.05, 0.1) is 12.4 Å². The molecule has 0 amide bonds. The smallest absolute Gasteiger partial charge is 0.270 e. The summed E-state index contributed by atoms with van der Waals surface area (Å²) in [4.78, 5) is 0. The van der Waals surface area contributed by atoms with E-state index in [2.05, 4.69) is 4.18 Å². The summed E-state index contributed by atoms with van der Waals surface area (Å²) in [6, 6.07) is 0. The van der Waals surface area contributed by atoms with Crippen molar-refractivity contribution in [2.24, 2.45) is 0 Å². The maximum atomic E-state index is 11.0. The summed E-state index contributed by atoms with van der Waals surface area (Å²) in [6.07, 6.45) is 3.45. The van der Waals surface area contributed by atoms with Gasteiger partial charge in [0.1, 0.15) is 0 Å². The molecule has 0 aromatic carbocycles. The van der Waals surface area contributed by atoms with Crippen LogP contribution in [0.3, 0.4) is 0 Å². The molecule has 0 aromatic heterocycles. The molecule has 0 bridgehead atoms. The van der Waals surface area contributed by atoms with Crippen LogP contribution in [0.4, 0.5) is 0 Å². The van der Waals surface area contributed by atoms with Crippen molar-refractivity contribution in [3.8, 4) is 0 Å². The Bertz CT molecular complexity index is 251. The number of rotatable bonds is 1. The molecule has 0 unspecified atom stereocenters. The van der Waals surface area contributed by atoms with Crippen molar-refractivity contribution >= 4 is 10.1 Å². The molecule has 0 saturated carbocycles.